The number of H-pyrrole nitrogens is 1. The topological polar surface area (TPSA) is 61.8 Å². The second kappa shape index (κ2) is 6.88. The van der Waals surface area contributed by atoms with Crippen molar-refractivity contribution in [3.63, 3.8) is 0 Å². The Morgan fingerprint density at radius 2 is 1.92 bits per heavy atom. The first kappa shape index (κ1) is 16.7. The first-order valence-corrected chi connectivity index (χ1v) is 8.96. The quantitative estimate of drug-likeness (QED) is 0.495. The number of aromatic hydroxyl groups is 1. The average molecular weight is 412 g/mol. The molecule has 26 heavy (non-hydrogen) atoms. The van der Waals surface area contributed by atoms with Crippen molar-refractivity contribution in [3.05, 3.63) is 76.1 Å². The van der Waals surface area contributed by atoms with Crippen LogP contribution in [-0.4, -0.2) is 20.1 Å². The van der Waals surface area contributed by atoms with E-state index in [1.54, 1.807) is 30.5 Å². The standard InChI is InChI=1S/C20H15BrFN3O/c21-15-10-18-20(23-11-15)25-19(24-18)14-7-12(8-16(26)9-14)5-6-13-3-1-2-4-17(13)22/h1-4,7-11,26H,5-6H2,(H,23,24,25). The molecule has 2 heterocycles. The zero-order valence-corrected chi connectivity index (χ0v) is 15.3. The van der Waals surface area contributed by atoms with Crippen LogP contribution in [0.4, 0.5) is 4.39 Å². The molecule has 130 valence electrons. The van der Waals surface area contributed by atoms with Crippen molar-refractivity contribution in [2.45, 2.75) is 12.8 Å². The summed E-state index contributed by atoms with van der Waals surface area (Å²) in [4.78, 5) is 12.0. The largest absolute Gasteiger partial charge is 0.508 e. The number of aromatic nitrogens is 3. The van der Waals surface area contributed by atoms with Gasteiger partial charge in [-0.25, -0.2) is 14.4 Å². The summed E-state index contributed by atoms with van der Waals surface area (Å²) in [6.07, 6.45) is 2.87. The van der Waals surface area contributed by atoms with Gasteiger partial charge >= 0.3 is 0 Å². The van der Waals surface area contributed by atoms with Gasteiger partial charge in [-0.1, -0.05) is 18.2 Å². The van der Waals surface area contributed by atoms with E-state index < -0.39 is 0 Å². The van der Waals surface area contributed by atoms with Crippen molar-refractivity contribution in [1.29, 1.82) is 0 Å². The van der Waals surface area contributed by atoms with Gasteiger partial charge in [0.15, 0.2) is 5.65 Å². The van der Waals surface area contributed by atoms with Gasteiger partial charge in [-0.3, -0.25) is 0 Å². The summed E-state index contributed by atoms with van der Waals surface area (Å²) < 4.78 is 14.7. The number of benzene rings is 2. The summed E-state index contributed by atoms with van der Waals surface area (Å²) in [6, 6.07) is 13.9. The number of nitrogens with zero attached hydrogens (tertiary/aromatic N) is 2. The molecule has 0 atom stereocenters. The van der Waals surface area contributed by atoms with Crippen LogP contribution >= 0.6 is 15.9 Å². The Morgan fingerprint density at radius 3 is 2.77 bits per heavy atom. The molecule has 0 aliphatic heterocycles. The molecule has 4 aromatic rings. The van der Waals surface area contributed by atoms with Gasteiger partial charge in [0.25, 0.3) is 0 Å². The van der Waals surface area contributed by atoms with Gasteiger partial charge in [0, 0.05) is 16.2 Å². The molecule has 2 N–H and O–H groups in total. The maximum absolute atomic E-state index is 13.8. The smallest absolute Gasteiger partial charge is 0.178 e. The highest BCUT2D eigenvalue weighted by Gasteiger charge is 2.10. The van der Waals surface area contributed by atoms with Crippen LogP contribution in [0.1, 0.15) is 11.1 Å². The van der Waals surface area contributed by atoms with Crippen LogP contribution in [0.3, 0.4) is 0 Å². The molecule has 2 aromatic carbocycles. The molecule has 6 heteroatoms. The number of aryl methyl sites for hydroxylation is 2. The molecule has 0 saturated carbocycles. The Kier molecular flexibility index (Phi) is 4.42. The molecular weight excluding hydrogens is 397 g/mol. The highest BCUT2D eigenvalue weighted by molar-refractivity contribution is 9.10. The lowest BCUT2D eigenvalue weighted by atomic mass is 10.0. The zero-order valence-electron chi connectivity index (χ0n) is 13.7. The summed E-state index contributed by atoms with van der Waals surface area (Å²) in [6.45, 7) is 0. The predicted molar refractivity (Wildman–Crippen MR) is 102 cm³/mol. The Hall–Kier alpha value is -2.73. The summed E-state index contributed by atoms with van der Waals surface area (Å²) in [5.41, 5.74) is 3.76. The zero-order chi connectivity index (χ0) is 18.1. The van der Waals surface area contributed by atoms with Crippen LogP contribution in [0.25, 0.3) is 22.6 Å². The predicted octanol–water partition coefficient (Wildman–Crippen LogP) is 5.02. The van der Waals surface area contributed by atoms with E-state index in [1.165, 1.54) is 6.07 Å². The van der Waals surface area contributed by atoms with E-state index in [1.807, 2.05) is 18.2 Å². The number of hydrogen-bond donors (Lipinski definition) is 2. The Balaban J connectivity index is 1.64. The number of rotatable bonds is 4. The SMILES string of the molecule is Oc1cc(CCc2ccccc2F)cc(-c2nc3ncc(Br)cc3[nH]2)c1. The van der Waals surface area contributed by atoms with Crippen molar-refractivity contribution in [3.8, 4) is 17.1 Å². The Morgan fingerprint density at radius 1 is 1.08 bits per heavy atom. The van der Waals surface area contributed by atoms with Crippen LogP contribution in [0.5, 0.6) is 5.75 Å². The van der Waals surface area contributed by atoms with Crippen molar-refractivity contribution in [2.24, 2.45) is 0 Å². The Bertz CT molecular complexity index is 1090. The summed E-state index contributed by atoms with van der Waals surface area (Å²) >= 11 is 3.39. The van der Waals surface area contributed by atoms with Crippen LogP contribution in [0, 0.1) is 5.82 Å². The summed E-state index contributed by atoms with van der Waals surface area (Å²) in [5.74, 6) is 0.580. The highest BCUT2D eigenvalue weighted by atomic mass is 79.9. The van der Waals surface area contributed by atoms with Gasteiger partial charge in [-0.2, -0.15) is 0 Å². The van der Waals surface area contributed by atoms with Crippen LogP contribution in [-0.2, 0) is 12.8 Å². The van der Waals surface area contributed by atoms with Gasteiger partial charge in [0.2, 0.25) is 0 Å². The third-order valence-corrected chi connectivity index (χ3v) is 4.63. The number of imidazole rings is 1. The first-order valence-electron chi connectivity index (χ1n) is 8.16. The van der Waals surface area contributed by atoms with Crippen molar-refractivity contribution in [2.75, 3.05) is 0 Å². The van der Waals surface area contributed by atoms with Gasteiger partial charge in [-0.15, -0.1) is 0 Å². The number of aromatic amines is 1. The second-order valence-corrected chi connectivity index (χ2v) is 7.01. The van der Waals surface area contributed by atoms with Crippen molar-refractivity contribution in [1.82, 2.24) is 15.0 Å². The maximum Gasteiger partial charge on any atom is 0.178 e. The first-order chi connectivity index (χ1) is 12.6. The normalized spacial score (nSPS) is 11.2. The van der Waals surface area contributed by atoms with E-state index >= 15 is 0 Å². The minimum atomic E-state index is -0.207. The number of pyridine rings is 1. The van der Waals surface area contributed by atoms with E-state index in [0.29, 0.717) is 29.9 Å². The maximum atomic E-state index is 13.8. The summed E-state index contributed by atoms with van der Waals surface area (Å²) in [7, 11) is 0. The summed E-state index contributed by atoms with van der Waals surface area (Å²) in [5, 5.41) is 10.1. The molecule has 0 fully saturated rings. The number of fused-ring (bicyclic) bond motifs is 1. The van der Waals surface area contributed by atoms with E-state index in [4.69, 9.17) is 0 Å². The van der Waals surface area contributed by atoms with Gasteiger partial charge in [-0.05, 0) is 70.2 Å². The molecule has 0 radical (unpaired) electrons. The number of nitrogens with one attached hydrogen (secondary N) is 1. The second-order valence-electron chi connectivity index (χ2n) is 6.09. The van der Waals surface area contributed by atoms with Gasteiger partial charge < -0.3 is 10.1 Å². The van der Waals surface area contributed by atoms with E-state index in [9.17, 15) is 9.50 Å². The molecular formula is C20H15BrFN3O. The highest BCUT2D eigenvalue weighted by Crippen LogP contribution is 2.26. The fraction of sp³-hybridized carbons (Fsp3) is 0.100. The van der Waals surface area contributed by atoms with Crippen LogP contribution < -0.4 is 0 Å². The molecule has 4 rings (SSSR count). The molecule has 0 saturated heterocycles. The average Bonchev–Trinajstić information content (AvgIpc) is 3.04. The lowest BCUT2D eigenvalue weighted by Gasteiger charge is -2.06. The fourth-order valence-corrected chi connectivity index (χ4v) is 3.28. The molecule has 0 aliphatic rings. The fourth-order valence-electron chi connectivity index (χ4n) is 2.95. The van der Waals surface area contributed by atoms with Crippen molar-refractivity contribution >= 4 is 27.1 Å². The van der Waals surface area contributed by atoms with E-state index in [0.717, 1.165) is 21.1 Å². The molecule has 2 aromatic heterocycles. The third-order valence-electron chi connectivity index (χ3n) is 4.20. The molecule has 0 spiro atoms. The number of phenolic OH excluding ortho intramolecular Hbond substituents is 1. The monoisotopic (exact) mass is 411 g/mol. The van der Waals surface area contributed by atoms with E-state index in [2.05, 4.69) is 30.9 Å². The molecule has 0 aliphatic carbocycles. The van der Waals surface area contributed by atoms with Gasteiger partial charge in [0.05, 0.1) is 5.52 Å². The lowest BCUT2D eigenvalue weighted by molar-refractivity contribution is 0.474. The lowest BCUT2D eigenvalue weighted by Crippen LogP contribution is -1.95. The van der Waals surface area contributed by atoms with Gasteiger partial charge in [0.1, 0.15) is 17.4 Å². The number of halogens is 2. The number of phenols is 1. The molecule has 0 unspecified atom stereocenters. The van der Waals surface area contributed by atoms with Crippen LogP contribution in [0.2, 0.25) is 0 Å². The minimum Gasteiger partial charge on any atom is -0.508 e. The third kappa shape index (κ3) is 3.46. The van der Waals surface area contributed by atoms with E-state index in [-0.39, 0.29) is 11.6 Å². The minimum absolute atomic E-state index is 0.153. The molecule has 0 amide bonds. The Labute approximate surface area is 157 Å². The molecule has 4 nitrogen and oxygen atoms in total. The van der Waals surface area contributed by atoms with Crippen molar-refractivity contribution < 1.29 is 9.50 Å². The molecule has 0 bridgehead atoms. The van der Waals surface area contributed by atoms with Crippen LogP contribution in [0.15, 0.2) is 59.2 Å². The number of hydrogen-bond acceptors (Lipinski definition) is 3.